The molecule has 4 nitrogen and oxygen atoms in total. The summed E-state index contributed by atoms with van der Waals surface area (Å²) in [5.74, 6) is 0. The molecule has 0 saturated carbocycles. The first-order chi connectivity index (χ1) is 7.88. The summed E-state index contributed by atoms with van der Waals surface area (Å²) < 4.78 is 0. The zero-order valence-corrected chi connectivity index (χ0v) is 12.4. The molecule has 0 saturated heterocycles. The van der Waals surface area contributed by atoms with Crippen LogP contribution < -0.4 is 0 Å². The van der Waals surface area contributed by atoms with Gasteiger partial charge >= 0.3 is 0 Å². The molecule has 0 rings (SSSR count). The smallest absolute Gasteiger partial charge is 0.285 e. The van der Waals surface area contributed by atoms with Gasteiger partial charge in [-0.1, -0.05) is 12.2 Å². The molecule has 0 fully saturated rings. The van der Waals surface area contributed by atoms with Crippen molar-refractivity contribution in [3.63, 3.8) is 0 Å². The average Bonchev–Trinajstić information content (AvgIpc) is 2.25. The first kappa shape index (κ1) is 16.1. The second kappa shape index (κ2) is 8.25. The Bertz CT molecular complexity index is 336. The normalized spacial score (nSPS) is 11.7. The Morgan fingerprint density at radius 2 is 1.53 bits per heavy atom. The minimum absolute atomic E-state index is 0.0627. The molecule has 2 amide bonds. The van der Waals surface area contributed by atoms with E-state index >= 15 is 0 Å². The van der Waals surface area contributed by atoms with E-state index in [2.05, 4.69) is 0 Å². The molecule has 0 bridgehead atoms. The molecule has 0 radical (unpaired) electrons. The molecule has 0 unspecified atom stereocenters. The van der Waals surface area contributed by atoms with E-state index in [1.165, 1.54) is 9.80 Å². The van der Waals surface area contributed by atoms with Crippen LogP contribution in [0.15, 0.2) is 22.5 Å². The molecular formula is C11H18N2O2S2. The van der Waals surface area contributed by atoms with Crippen molar-refractivity contribution >= 4 is 34.0 Å². The molecule has 17 heavy (non-hydrogen) atoms. The SMILES string of the molecule is C/C=C/C(=C\SC(=O)N(C)C)SC(=O)N(C)C. The van der Waals surface area contributed by atoms with E-state index in [1.807, 2.05) is 19.1 Å². The van der Waals surface area contributed by atoms with Gasteiger partial charge < -0.3 is 9.80 Å². The number of nitrogens with zero attached hydrogens (tertiary/aromatic N) is 2. The van der Waals surface area contributed by atoms with Crippen LogP contribution in [0.2, 0.25) is 0 Å². The third kappa shape index (κ3) is 7.12. The summed E-state index contributed by atoms with van der Waals surface area (Å²) in [4.78, 5) is 26.7. The topological polar surface area (TPSA) is 40.6 Å². The van der Waals surface area contributed by atoms with Gasteiger partial charge in [-0.2, -0.15) is 0 Å². The maximum absolute atomic E-state index is 11.5. The Morgan fingerprint density at radius 3 is 1.94 bits per heavy atom. The van der Waals surface area contributed by atoms with Crippen LogP contribution in [0.5, 0.6) is 0 Å². The number of thioether (sulfide) groups is 2. The summed E-state index contributed by atoms with van der Waals surface area (Å²) >= 11 is 2.17. The fourth-order valence-electron chi connectivity index (χ4n) is 0.668. The molecule has 0 aliphatic rings. The second-order valence-corrected chi connectivity index (χ2v) is 5.41. The second-order valence-electron chi connectivity index (χ2n) is 3.56. The van der Waals surface area contributed by atoms with Crippen molar-refractivity contribution < 1.29 is 9.59 Å². The van der Waals surface area contributed by atoms with E-state index in [1.54, 1.807) is 33.6 Å². The van der Waals surface area contributed by atoms with Crippen molar-refractivity contribution in [1.29, 1.82) is 0 Å². The third-order valence-corrected chi connectivity index (χ3v) is 3.66. The summed E-state index contributed by atoms with van der Waals surface area (Å²) in [6.45, 7) is 1.87. The van der Waals surface area contributed by atoms with Gasteiger partial charge in [0.25, 0.3) is 10.5 Å². The van der Waals surface area contributed by atoms with Gasteiger partial charge in [0.15, 0.2) is 0 Å². The number of allylic oxidation sites excluding steroid dienone is 2. The molecule has 0 atom stereocenters. The van der Waals surface area contributed by atoms with Crippen molar-refractivity contribution in [2.24, 2.45) is 0 Å². The quantitative estimate of drug-likeness (QED) is 0.741. The summed E-state index contributed by atoms with van der Waals surface area (Å²) in [5, 5.41) is 1.56. The minimum atomic E-state index is -0.0649. The molecular weight excluding hydrogens is 256 g/mol. The summed E-state index contributed by atoms with van der Waals surface area (Å²) in [5.41, 5.74) is 0. The highest BCUT2D eigenvalue weighted by Gasteiger charge is 2.08. The summed E-state index contributed by atoms with van der Waals surface area (Å²) in [6, 6.07) is 0. The van der Waals surface area contributed by atoms with Crippen molar-refractivity contribution in [1.82, 2.24) is 9.80 Å². The van der Waals surface area contributed by atoms with Crippen molar-refractivity contribution in [2.45, 2.75) is 6.92 Å². The number of hydrogen-bond acceptors (Lipinski definition) is 4. The van der Waals surface area contributed by atoms with Crippen molar-refractivity contribution in [3.05, 3.63) is 22.5 Å². The predicted octanol–water partition coefficient (Wildman–Crippen LogP) is 3.23. The molecule has 0 aliphatic heterocycles. The maximum Gasteiger partial charge on any atom is 0.285 e. The lowest BCUT2D eigenvalue weighted by Gasteiger charge is -2.10. The highest BCUT2D eigenvalue weighted by atomic mass is 32.2. The van der Waals surface area contributed by atoms with Gasteiger partial charge in [-0.05, 0) is 35.9 Å². The Labute approximate surface area is 111 Å². The lowest BCUT2D eigenvalue weighted by atomic mass is 10.5. The zero-order chi connectivity index (χ0) is 13.4. The molecule has 0 N–H and O–H groups in total. The van der Waals surface area contributed by atoms with Crippen LogP contribution in [-0.4, -0.2) is 48.5 Å². The van der Waals surface area contributed by atoms with Crippen molar-refractivity contribution in [3.8, 4) is 0 Å². The summed E-state index contributed by atoms with van der Waals surface area (Å²) in [7, 11) is 6.77. The van der Waals surface area contributed by atoms with Crippen LogP contribution in [0.4, 0.5) is 9.59 Å². The highest BCUT2D eigenvalue weighted by molar-refractivity contribution is 8.19. The number of carbonyl (C=O) groups is 2. The predicted molar refractivity (Wildman–Crippen MR) is 76.2 cm³/mol. The molecule has 0 heterocycles. The van der Waals surface area contributed by atoms with Crippen LogP contribution in [0.3, 0.4) is 0 Å². The Morgan fingerprint density at radius 1 is 1.00 bits per heavy atom. The van der Waals surface area contributed by atoms with E-state index in [9.17, 15) is 9.59 Å². The number of rotatable bonds is 3. The van der Waals surface area contributed by atoms with Gasteiger partial charge in [-0.25, -0.2) is 0 Å². The Hall–Kier alpha value is -0.880. The zero-order valence-electron chi connectivity index (χ0n) is 10.8. The first-order valence-corrected chi connectivity index (χ1v) is 6.68. The molecule has 6 heteroatoms. The van der Waals surface area contributed by atoms with Crippen LogP contribution in [-0.2, 0) is 0 Å². The van der Waals surface area contributed by atoms with E-state index < -0.39 is 0 Å². The van der Waals surface area contributed by atoms with Crippen LogP contribution >= 0.6 is 23.5 Å². The number of carbonyl (C=O) groups excluding carboxylic acids is 2. The number of amides is 2. The van der Waals surface area contributed by atoms with E-state index in [0.717, 1.165) is 28.4 Å². The standard InChI is InChI=1S/C11H18N2O2S2/c1-6-7-9(17-11(15)13(4)5)8-16-10(14)12(2)3/h6-8H,1-5H3/b7-6+,9-8+. The Balaban J connectivity index is 4.58. The Kier molecular flexibility index (Phi) is 7.82. The molecule has 0 spiro atoms. The average molecular weight is 274 g/mol. The summed E-state index contributed by atoms with van der Waals surface area (Å²) in [6.07, 6.45) is 3.64. The molecule has 0 aromatic heterocycles. The van der Waals surface area contributed by atoms with Gasteiger partial charge in [0, 0.05) is 33.1 Å². The van der Waals surface area contributed by atoms with Gasteiger partial charge in [0.2, 0.25) is 0 Å². The van der Waals surface area contributed by atoms with Crippen molar-refractivity contribution in [2.75, 3.05) is 28.2 Å². The molecule has 0 aliphatic carbocycles. The third-order valence-electron chi connectivity index (χ3n) is 1.54. The van der Waals surface area contributed by atoms with Crippen LogP contribution in [0.1, 0.15) is 6.92 Å². The lowest BCUT2D eigenvalue weighted by Crippen LogP contribution is -2.16. The molecule has 96 valence electrons. The molecule has 0 aromatic rings. The highest BCUT2D eigenvalue weighted by Crippen LogP contribution is 2.24. The lowest BCUT2D eigenvalue weighted by molar-refractivity contribution is 0.240. The van der Waals surface area contributed by atoms with E-state index in [-0.39, 0.29) is 10.5 Å². The van der Waals surface area contributed by atoms with Gasteiger partial charge in [0.05, 0.1) is 0 Å². The fraction of sp³-hybridized carbons (Fsp3) is 0.455. The van der Waals surface area contributed by atoms with Crippen LogP contribution in [0, 0.1) is 0 Å². The van der Waals surface area contributed by atoms with Gasteiger partial charge in [0.1, 0.15) is 0 Å². The first-order valence-electron chi connectivity index (χ1n) is 4.98. The van der Waals surface area contributed by atoms with E-state index in [0.29, 0.717) is 0 Å². The van der Waals surface area contributed by atoms with Crippen LogP contribution in [0.25, 0.3) is 0 Å². The minimum Gasteiger partial charge on any atom is -0.339 e. The maximum atomic E-state index is 11.5. The van der Waals surface area contributed by atoms with Gasteiger partial charge in [-0.15, -0.1) is 0 Å². The molecule has 0 aromatic carbocycles. The van der Waals surface area contributed by atoms with Gasteiger partial charge in [-0.3, -0.25) is 9.59 Å². The number of hydrogen-bond donors (Lipinski definition) is 0. The monoisotopic (exact) mass is 274 g/mol. The largest absolute Gasteiger partial charge is 0.339 e. The fourth-order valence-corrected chi connectivity index (χ4v) is 2.10. The van der Waals surface area contributed by atoms with E-state index in [4.69, 9.17) is 0 Å².